The highest BCUT2D eigenvalue weighted by molar-refractivity contribution is 6.51. The van der Waals surface area contributed by atoms with E-state index in [-0.39, 0.29) is 17.5 Å². The molecule has 0 unspecified atom stereocenters. The van der Waals surface area contributed by atoms with Gasteiger partial charge < -0.3 is 4.74 Å². The second-order valence-electron chi connectivity index (χ2n) is 6.40. The third kappa shape index (κ3) is 4.20. The lowest BCUT2D eigenvalue weighted by molar-refractivity contribution is -0.133. The second-order valence-corrected chi connectivity index (χ2v) is 6.40. The smallest absolute Gasteiger partial charge is 0.339 e. The number of allylic oxidation sites excluding steroid dienone is 2. The van der Waals surface area contributed by atoms with Gasteiger partial charge in [0.05, 0.1) is 5.71 Å². The molecule has 5 heteroatoms. The van der Waals surface area contributed by atoms with Crippen LogP contribution in [0.4, 0.5) is 0 Å². The van der Waals surface area contributed by atoms with Crippen LogP contribution in [-0.2, 0) is 9.53 Å². The molecule has 0 amide bonds. The number of ether oxygens (including phenoxy) is 1. The lowest BCUT2D eigenvalue weighted by Crippen LogP contribution is -2.15. The summed E-state index contributed by atoms with van der Waals surface area (Å²) in [5.74, 6) is -0.117. The van der Waals surface area contributed by atoms with Crippen LogP contribution in [0.5, 0.6) is 0 Å². The van der Waals surface area contributed by atoms with Crippen LogP contribution in [0.2, 0.25) is 0 Å². The number of cyclic esters (lactones) is 1. The third-order valence-electron chi connectivity index (χ3n) is 4.39. The fraction of sp³-hybridized carbons (Fsp3) is 0.130. The first-order valence-electron chi connectivity index (χ1n) is 8.86. The van der Waals surface area contributed by atoms with E-state index in [1.54, 1.807) is 44.2 Å². The van der Waals surface area contributed by atoms with E-state index < -0.39 is 0 Å². The molecule has 140 valence electrons. The van der Waals surface area contributed by atoms with E-state index in [1.807, 2.05) is 43.3 Å². The van der Waals surface area contributed by atoms with Crippen molar-refractivity contribution >= 4 is 23.2 Å². The molecule has 0 N–H and O–H groups in total. The summed E-state index contributed by atoms with van der Waals surface area (Å²) in [6, 6.07) is 18.2. The van der Waals surface area contributed by atoms with Gasteiger partial charge >= 0.3 is 5.97 Å². The molecule has 3 rings (SSSR count). The summed E-state index contributed by atoms with van der Waals surface area (Å²) in [6.45, 7) is 5.27. The fourth-order valence-corrected chi connectivity index (χ4v) is 2.63. The van der Waals surface area contributed by atoms with Gasteiger partial charge in [0, 0.05) is 28.3 Å². The summed E-state index contributed by atoms with van der Waals surface area (Å²) in [5, 5.41) is 8.42. The van der Waals surface area contributed by atoms with E-state index in [9.17, 15) is 9.59 Å². The van der Waals surface area contributed by atoms with Crippen LogP contribution in [0.15, 0.2) is 93.8 Å². The summed E-state index contributed by atoms with van der Waals surface area (Å²) >= 11 is 0. The molecule has 0 atom stereocenters. The molecule has 0 aromatic heterocycles. The minimum atomic E-state index is -0.357. The van der Waals surface area contributed by atoms with Crippen molar-refractivity contribution in [3.63, 3.8) is 0 Å². The topological polar surface area (TPSA) is 68.1 Å². The maximum absolute atomic E-state index is 12.9. The largest absolute Gasteiger partial charge is 0.423 e. The Labute approximate surface area is 163 Å². The molecule has 2 aromatic rings. The normalized spacial score (nSPS) is 16.5. The van der Waals surface area contributed by atoms with Crippen LogP contribution in [0.3, 0.4) is 0 Å². The number of hydrogen-bond acceptors (Lipinski definition) is 5. The highest BCUT2D eigenvalue weighted by Gasteiger charge is 2.23. The van der Waals surface area contributed by atoms with Crippen molar-refractivity contribution in [3.8, 4) is 0 Å². The van der Waals surface area contributed by atoms with E-state index in [1.165, 1.54) is 0 Å². The predicted octanol–water partition coefficient (Wildman–Crippen LogP) is 4.51. The summed E-state index contributed by atoms with van der Waals surface area (Å²) in [7, 11) is 0. The number of esters is 1. The van der Waals surface area contributed by atoms with Crippen molar-refractivity contribution < 1.29 is 14.3 Å². The Hall–Kier alpha value is -3.60. The first-order valence-corrected chi connectivity index (χ1v) is 8.86. The Bertz CT molecular complexity index is 1030. The van der Waals surface area contributed by atoms with Gasteiger partial charge in [0.2, 0.25) is 5.78 Å². The van der Waals surface area contributed by atoms with Gasteiger partial charge in [-0.1, -0.05) is 60.7 Å². The van der Waals surface area contributed by atoms with E-state index in [4.69, 9.17) is 4.74 Å². The van der Waals surface area contributed by atoms with E-state index >= 15 is 0 Å². The molecule has 1 aliphatic rings. The molecule has 5 nitrogen and oxygen atoms in total. The van der Waals surface area contributed by atoms with Gasteiger partial charge in [0.1, 0.15) is 11.5 Å². The van der Waals surface area contributed by atoms with Crippen LogP contribution in [-0.4, -0.2) is 23.2 Å². The van der Waals surface area contributed by atoms with E-state index in [0.717, 1.165) is 5.57 Å². The van der Waals surface area contributed by atoms with Gasteiger partial charge in [-0.05, 0) is 20.8 Å². The highest BCUT2D eigenvalue weighted by Crippen LogP contribution is 2.25. The number of nitrogens with zero attached hydrogens (tertiary/aromatic N) is 2. The molecule has 2 aromatic carbocycles. The van der Waals surface area contributed by atoms with E-state index in [0.29, 0.717) is 28.2 Å². The zero-order valence-electron chi connectivity index (χ0n) is 16.0. The molecular weight excluding hydrogens is 352 g/mol. The van der Waals surface area contributed by atoms with Crippen molar-refractivity contribution in [2.75, 3.05) is 0 Å². The molecule has 1 aliphatic heterocycles. The van der Waals surface area contributed by atoms with Crippen molar-refractivity contribution in [1.29, 1.82) is 0 Å². The lowest BCUT2D eigenvalue weighted by Gasteiger charge is -2.05. The van der Waals surface area contributed by atoms with Crippen molar-refractivity contribution in [2.24, 2.45) is 10.2 Å². The van der Waals surface area contributed by atoms with Crippen molar-refractivity contribution in [1.82, 2.24) is 0 Å². The molecule has 0 aliphatic carbocycles. The average molecular weight is 372 g/mol. The Morgan fingerprint density at radius 1 is 0.857 bits per heavy atom. The number of carbonyl (C=O) groups excluding carboxylic acids is 2. The van der Waals surface area contributed by atoms with Gasteiger partial charge in [0.15, 0.2) is 0 Å². The molecule has 0 saturated carbocycles. The number of carbonyl (C=O) groups is 2. The molecule has 0 radical (unpaired) electrons. The molecular formula is C23H20N2O3. The quantitative estimate of drug-likeness (QED) is 0.336. The second kappa shape index (κ2) is 8.39. The summed E-state index contributed by atoms with van der Waals surface area (Å²) < 4.78 is 5.22. The molecule has 0 fully saturated rings. The maximum atomic E-state index is 12.9. The highest BCUT2D eigenvalue weighted by atomic mass is 16.5. The minimum absolute atomic E-state index is 0.213. The zero-order chi connectivity index (χ0) is 20.1. The Kier molecular flexibility index (Phi) is 5.75. The summed E-state index contributed by atoms with van der Waals surface area (Å²) in [6.07, 6.45) is 1.64. The fourth-order valence-electron chi connectivity index (χ4n) is 2.63. The summed E-state index contributed by atoms with van der Waals surface area (Å²) in [5.41, 5.74) is 3.33. The van der Waals surface area contributed by atoms with Gasteiger partial charge in [-0.2, -0.15) is 5.10 Å². The summed E-state index contributed by atoms with van der Waals surface area (Å²) in [4.78, 5) is 24.6. The van der Waals surface area contributed by atoms with Crippen LogP contribution >= 0.6 is 0 Å². The minimum Gasteiger partial charge on any atom is -0.423 e. The molecule has 1 heterocycles. The number of Topliss-reactive ketones (excluding diaryl/α,β-unsaturated/α-hetero) is 1. The van der Waals surface area contributed by atoms with Crippen LogP contribution in [0.25, 0.3) is 0 Å². The molecule has 0 spiro atoms. The van der Waals surface area contributed by atoms with Gasteiger partial charge in [0.25, 0.3) is 0 Å². The van der Waals surface area contributed by atoms with Gasteiger partial charge in [-0.25, -0.2) is 4.79 Å². The van der Waals surface area contributed by atoms with Crippen LogP contribution in [0.1, 0.15) is 36.7 Å². The van der Waals surface area contributed by atoms with Crippen molar-refractivity contribution in [2.45, 2.75) is 20.8 Å². The molecule has 28 heavy (non-hydrogen) atoms. The molecule has 0 bridgehead atoms. The Morgan fingerprint density at radius 3 is 1.96 bits per heavy atom. The van der Waals surface area contributed by atoms with E-state index in [2.05, 4.69) is 10.2 Å². The Morgan fingerprint density at radius 2 is 1.43 bits per heavy atom. The van der Waals surface area contributed by atoms with Crippen LogP contribution < -0.4 is 0 Å². The SMILES string of the molecule is CC1=C(C)\C(=C/C(C)=N/N=C(/C(=O)c2ccccc2)c2ccccc2)OC1=O. The lowest BCUT2D eigenvalue weighted by atomic mass is 10.0. The Balaban J connectivity index is 1.97. The number of ketones is 1. The standard InChI is InChI=1S/C23H20N2O3/c1-15(14-20-16(2)17(3)23(27)28-20)24-25-21(18-10-6-4-7-11-18)22(26)19-12-8-5-9-13-19/h4-14H,1-3H3/b20-14+,24-15+,25-21+. The first-order chi connectivity index (χ1) is 13.5. The van der Waals surface area contributed by atoms with Crippen LogP contribution in [0, 0.1) is 0 Å². The first kappa shape index (κ1) is 19.2. The molecule has 0 saturated heterocycles. The average Bonchev–Trinajstić information content (AvgIpc) is 2.96. The maximum Gasteiger partial charge on any atom is 0.339 e. The zero-order valence-corrected chi connectivity index (χ0v) is 16.0. The van der Waals surface area contributed by atoms with Crippen molar-refractivity contribution in [3.05, 3.63) is 94.8 Å². The van der Waals surface area contributed by atoms with Gasteiger partial charge in [-0.3, -0.25) is 4.79 Å². The number of hydrogen-bond donors (Lipinski definition) is 0. The monoisotopic (exact) mass is 372 g/mol. The third-order valence-corrected chi connectivity index (χ3v) is 4.39. The number of rotatable bonds is 5. The van der Waals surface area contributed by atoms with Gasteiger partial charge in [-0.15, -0.1) is 5.10 Å². The predicted molar refractivity (Wildman–Crippen MR) is 109 cm³/mol. The number of benzene rings is 2.